The van der Waals surface area contributed by atoms with Crippen molar-refractivity contribution in [3.8, 4) is 5.75 Å². The van der Waals surface area contributed by atoms with Crippen molar-refractivity contribution in [2.75, 3.05) is 32.6 Å². The van der Waals surface area contributed by atoms with Crippen molar-refractivity contribution in [1.82, 2.24) is 5.32 Å². The lowest BCUT2D eigenvalue weighted by Crippen LogP contribution is -2.17. The molecule has 4 heteroatoms. The fourth-order valence-corrected chi connectivity index (χ4v) is 1.11. The third kappa shape index (κ3) is 2.88. The summed E-state index contributed by atoms with van der Waals surface area (Å²) in [4.78, 5) is 0. The Bertz CT molecular complexity index is 291. The summed E-state index contributed by atoms with van der Waals surface area (Å²) in [6, 6.07) is 4.82. The van der Waals surface area contributed by atoms with Gasteiger partial charge in [0, 0.05) is 24.8 Å². The first-order chi connectivity index (χ1) is 6.77. The van der Waals surface area contributed by atoms with Crippen molar-refractivity contribution in [2.24, 2.45) is 0 Å². The second-order valence-electron chi connectivity index (χ2n) is 2.88. The van der Waals surface area contributed by atoms with E-state index in [0.717, 1.165) is 18.8 Å². The fraction of sp³-hybridized carbons (Fsp3) is 0.400. The molecule has 0 aliphatic heterocycles. The summed E-state index contributed by atoms with van der Waals surface area (Å²) in [5.74, 6) is -0.0777. The standard InChI is InChI=1S/C10H15FN2O/c1-12-5-6-13-8-3-4-10(14-2)9(11)7-8/h3-4,7,12-13H,5-6H2,1-2H3. The molecule has 0 aromatic heterocycles. The van der Waals surface area contributed by atoms with Crippen molar-refractivity contribution in [2.45, 2.75) is 0 Å². The van der Waals surface area contributed by atoms with Gasteiger partial charge in [-0.25, -0.2) is 4.39 Å². The Morgan fingerprint density at radius 2 is 2.14 bits per heavy atom. The average Bonchev–Trinajstić information content (AvgIpc) is 2.18. The molecule has 0 aliphatic rings. The van der Waals surface area contributed by atoms with Gasteiger partial charge in [-0.2, -0.15) is 0 Å². The normalized spacial score (nSPS) is 9.93. The monoisotopic (exact) mass is 198 g/mol. The Morgan fingerprint density at radius 3 is 2.71 bits per heavy atom. The molecule has 0 spiro atoms. The van der Waals surface area contributed by atoms with Crippen molar-refractivity contribution < 1.29 is 9.13 Å². The van der Waals surface area contributed by atoms with E-state index >= 15 is 0 Å². The topological polar surface area (TPSA) is 33.3 Å². The van der Waals surface area contributed by atoms with Gasteiger partial charge in [-0.05, 0) is 19.2 Å². The average molecular weight is 198 g/mol. The maximum absolute atomic E-state index is 13.2. The number of nitrogens with one attached hydrogen (secondary N) is 2. The second-order valence-corrected chi connectivity index (χ2v) is 2.88. The van der Waals surface area contributed by atoms with E-state index in [2.05, 4.69) is 10.6 Å². The number of anilines is 1. The van der Waals surface area contributed by atoms with E-state index in [1.807, 2.05) is 7.05 Å². The number of ether oxygens (including phenoxy) is 1. The molecule has 0 saturated heterocycles. The van der Waals surface area contributed by atoms with E-state index in [1.165, 1.54) is 13.2 Å². The number of halogens is 1. The summed E-state index contributed by atoms with van der Waals surface area (Å²) in [5.41, 5.74) is 0.763. The van der Waals surface area contributed by atoms with Crippen molar-refractivity contribution in [3.05, 3.63) is 24.0 Å². The molecular formula is C10H15FN2O. The molecule has 0 atom stereocenters. The first kappa shape index (κ1) is 10.8. The van der Waals surface area contributed by atoms with E-state index in [1.54, 1.807) is 12.1 Å². The van der Waals surface area contributed by atoms with Gasteiger partial charge in [0.15, 0.2) is 11.6 Å². The number of hydrogen-bond donors (Lipinski definition) is 2. The molecular weight excluding hydrogens is 183 g/mol. The Balaban J connectivity index is 2.57. The highest BCUT2D eigenvalue weighted by Gasteiger charge is 2.02. The lowest BCUT2D eigenvalue weighted by atomic mass is 10.3. The molecule has 0 bridgehead atoms. The molecule has 0 amide bonds. The van der Waals surface area contributed by atoms with Crippen LogP contribution < -0.4 is 15.4 Å². The van der Waals surface area contributed by atoms with Crippen LogP contribution in [0.15, 0.2) is 18.2 Å². The molecule has 2 N–H and O–H groups in total. The molecule has 1 rings (SSSR count). The highest BCUT2D eigenvalue weighted by Crippen LogP contribution is 2.20. The highest BCUT2D eigenvalue weighted by molar-refractivity contribution is 5.47. The van der Waals surface area contributed by atoms with Crippen LogP contribution in [0.2, 0.25) is 0 Å². The zero-order chi connectivity index (χ0) is 10.4. The Kier molecular flexibility index (Phi) is 4.19. The molecule has 0 aliphatic carbocycles. The fourth-order valence-electron chi connectivity index (χ4n) is 1.11. The number of rotatable bonds is 5. The van der Waals surface area contributed by atoms with Crippen LogP contribution >= 0.6 is 0 Å². The van der Waals surface area contributed by atoms with Crippen LogP contribution in [0.5, 0.6) is 5.75 Å². The molecule has 0 fully saturated rings. The smallest absolute Gasteiger partial charge is 0.167 e. The number of benzene rings is 1. The summed E-state index contributed by atoms with van der Waals surface area (Å²) in [6.45, 7) is 1.61. The van der Waals surface area contributed by atoms with Gasteiger partial charge in [-0.1, -0.05) is 0 Å². The minimum atomic E-state index is -0.345. The minimum absolute atomic E-state index is 0.268. The lowest BCUT2D eigenvalue weighted by molar-refractivity contribution is 0.386. The summed E-state index contributed by atoms with van der Waals surface area (Å²) in [5, 5.41) is 6.07. The lowest BCUT2D eigenvalue weighted by Gasteiger charge is -2.07. The molecule has 3 nitrogen and oxygen atoms in total. The third-order valence-electron chi connectivity index (χ3n) is 1.86. The number of methoxy groups -OCH3 is 1. The predicted octanol–water partition coefficient (Wildman–Crippen LogP) is 1.47. The minimum Gasteiger partial charge on any atom is -0.494 e. The van der Waals surface area contributed by atoms with Gasteiger partial charge in [0.25, 0.3) is 0 Å². The van der Waals surface area contributed by atoms with Gasteiger partial charge in [-0.3, -0.25) is 0 Å². The van der Waals surface area contributed by atoms with Crippen LogP contribution in [-0.2, 0) is 0 Å². The zero-order valence-electron chi connectivity index (χ0n) is 8.43. The maximum Gasteiger partial charge on any atom is 0.167 e. The number of likely N-dealkylation sites (N-methyl/N-ethyl adjacent to an activating group) is 1. The van der Waals surface area contributed by atoms with Gasteiger partial charge < -0.3 is 15.4 Å². The van der Waals surface area contributed by atoms with E-state index in [9.17, 15) is 4.39 Å². The molecule has 78 valence electrons. The first-order valence-corrected chi connectivity index (χ1v) is 4.50. The van der Waals surface area contributed by atoms with Crippen molar-refractivity contribution >= 4 is 5.69 Å². The molecule has 0 radical (unpaired) electrons. The van der Waals surface area contributed by atoms with Gasteiger partial charge in [0.1, 0.15) is 0 Å². The Morgan fingerprint density at radius 1 is 1.36 bits per heavy atom. The second kappa shape index (κ2) is 5.44. The predicted molar refractivity (Wildman–Crippen MR) is 55.4 cm³/mol. The zero-order valence-corrected chi connectivity index (χ0v) is 8.43. The summed E-state index contributed by atoms with van der Waals surface area (Å²) in [6.07, 6.45) is 0. The van der Waals surface area contributed by atoms with E-state index < -0.39 is 0 Å². The van der Waals surface area contributed by atoms with Crippen LogP contribution in [0.1, 0.15) is 0 Å². The van der Waals surface area contributed by atoms with Crippen LogP contribution in [-0.4, -0.2) is 27.2 Å². The third-order valence-corrected chi connectivity index (χ3v) is 1.86. The maximum atomic E-state index is 13.2. The Hall–Kier alpha value is -1.29. The SMILES string of the molecule is CNCCNc1ccc(OC)c(F)c1. The van der Waals surface area contributed by atoms with E-state index in [-0.39, 0.29) is 11.6 Å². The molecule has 1 aromatic rings. The summed E-state index contributed by atoms with van der Waals surface area (Å²) >= 11 is 0. The molecule has 0 heterocycles. The van der Waals surface area contributed by atoms with Gasteiger partial charge in [0.05, 0.1) is 7.11 Å². The first-order valence-electron chi connectivity index (χ1n) is 4.50. The molecule has 0 saturated carbocycles. The number of hydrogen-bond acceptors (Lipinski definition) is 3. The van der Waals surface area contributed by atoms with Crippen molar-refractivity contribution in [1.29, 1.82) is 0 Å². The van der Waals surface area contributed by atoms with Crippen molar-refractivity contribution in [3.63, 3.8) is 0 Å². The van der Waals surface area contributed by atoms with Gasteiger partial charge >= 0.3 is 0 Å². The highest BCUT2D eigenvalue weighted by atomic mass is 19.1. The van der Waals surface area contributed by atoms with Crippen LogP contribution in [0, 0.1) is 5.82 Å². The summed E-state index contributed by atoms with van der Waals surface area (Å²) < 4.78 is 18.0. The molecule has 0 unspecified atom stereocenters. The van der Waals surface area contributed by atoms with Gasteiger partial charge in [0.2, 0.25) is 0 Å². The quantitative estimate of drug-likeness (QED) is 0.703. The molecule has 1 aromatic carbocycles. The molecule has 14 heavy (non-hydrogen) atoms. The van der Waals surface area contributed by atoms with Gasteiger partial charge in [-0.15, -0.1) is 0 Å². The van der Waals surface area contributed by atoms with Crippen LogP contribution in [0.25, 0.3) is 0 Å². The summed E-state index contributed by atoms with van der Waals surface area (Å²) in [7, 11) is 3.32. The van der Waals surface area contributed by atoms with Crippen LogP contribution in [0.3, 0.4) is 0 Å². The van der Waals surface area contributed by atoms with E-state index in [4.69, 9.17) is 4.74 Å². The largest absolute Gasteiger partial charge is 0.494 e. The van der Waals surface area contributed by atoms with Crippen LogP contribution in [0.4, 0.5) is 10.1 Å². The Labute approximate surface area is 83.3 Å². The van der Waals surface area contributed by atoms with E-state index in [0.29, 0.717) is 0 Å².